The Kier molecular flexibility index (Phi) is 8.87. The standard InChI is InChI=1S/C21H18F7N3O4/c22-19(23)34-7-5-32-16-9-12-15(10-17(16)33-6-8-35-20(24)25)29-11-30-18(12)31-14-4-2-1-3-13(14)21(26,27)28/h1-4,9-11,19-20H,5-8H2,(H,29,30,31). The zero-order chi connectivity index (χ0) is 25.4. The van der Waals surface area contributed by atoms with Crippen LogP contribution in [0.25, 0.3) is 10.9 Å². The third-order valence-corrected chi connectivity index (χ3v) is 4.36. The molecule has 3 aromatic rings. The van der Waals surface area contributed by atoms with Crippen LogP contribution in [0.5, 0.6) is 11.5 Å². The van der Waals surface area contributed by atoms with Gasteiger partial charge in [0, 0.05) is 11.5 Å². The molecule has 1 N–H and O–H groups in total. The minimum absolute atomic E-state index is 0.00651. The number of hydrogen-bond donors (Lipinski definition) is 1. The van der Waals surface area contributed by atoms with Gasteiger partial charge in [0.15, 0.2) is 11.5 Å². The molecule has 0 atom stereocenters. The van der Waals surface area contributed by atoms with E-state index in [0.717, 1.165) is 12.4 Å². The van der Waals surface area contributed by atoms with E-state index in [1.807, 2.05) is 0 Å². The number of fused-ring (bicyclic) bond motifs is 1. The summed E-state index contributed by atoms with van der Waals surface area (Å²) in [6, 6.07) is 7.42. The van der Waals surface area contributed by atoms with E-state index >= 15 is 0 Å². The molecule has 0 saturated carbocycles. The molecule has 0 bridgehead atoms. The van der Waals surface area contributed by atoms with Crippen LogP contribution < -0.4 is 14.8 Å². The highest BCUT2D eigenvalue weighted by Crippen LogP contribution is 2.38. The number of nitrogens with one attached hydrogen (secondary N) is 1. The number of aromatic nitrogens is 2. The number of halogens is 7. The minimum atomic E-state index is -4.63. The first-order chi connectivity index (χ1) is 16.6. The van der Waals surface area contributed by atoms with Crippen LogP contribution in [0.3, 0.4) is 0 Å². The van der Waals surface area contributed by atoms with Crippen molar-refractivity contribution in [3.05, 3.63) is 48.3 Å². The maximum Gasteiger partial charge on any atom is 0.418 e. The average molecular weight is 509 g/mol. The Hall–Kier alpha value is -3.39. The molecule has 3 rings (SSSR count). The minimum Gasteiger partial charge on any atom is -0.487 e. The summed E-state index contributed by atoms with van der Waals surface area (Å²) in [7, 11) is 0. The van der Waals surface area contributed by atoms with Crippen LogP contribution in [-0.2, 0) is 15.7 Å². The van der Waals surface area contributed by atoms with Gasteiger partial charge in [0.2, 0.25) is 0 Å². The fraction of sp³-hybridized carbons (Fsp3) is 0.333. The van der Waals surface area contributed by atoms with Crippen molar-refractivity contribution in [2.45, 2.75) is 19.4 Å². The van der Waals surface area contributed by atoms with E-state index in [1.54, 1.807) is 0 Å². The maximum absolute atomic E-state index is 13.4. The molecular formula is C21H18F7N3O4. The maximum atomic E-state index is 13.4. The molecule has 2 aromatic carbocycles. The monoisotopic (exact) mass is 509 g/mol. The molecule has 0 unspecified atom stereocenters. The summed E-state index contributed by atoms with van der Waals surface area (Å²) in [5.41, 5.74) is -0.975. The van der Waals surface area contributed by atoms with Gasteiger partial charge >= 0.3 is 19.4 Å². The van der Waals surface area contributed by atoms with Crippen molar-refractivity contribution in [3.8, 4) is 11.5 Å². The Morgan fingerprint density at radius 2 is 1.40 bits per heavy atom. The number of anilines is 2. The number of nitrogens with zero attached hydrogens (tertiary/aromatic N) is 2. The molecule has 0 aliphatic carbocycles. The smallest absolute Gasteiger partial charge is 0.418 e. The molecule has 0 aliphatic heterocycles. The molecule has 35 heavy (non-hydrogen) atoms. The Morgan fingerprint density at radius 1 is 0.800 bits per heavy atom. The van der Waals surface area contributed by atoms with Crippen LogP contribution in [0.4, 0.5) is 42.2 Å². The number of benzene rings is 2. The second kappa shape index (κ2) is 11.8. The highest BCUT2D eigenvalue weighted by atomic mass is 19.4. The van der Waals surface area contributed by atoms with Crippen molar-refractivity contribution in [2.75, 3.05) is 31.7 Å². The van der Waals surface area contributed by atoms with Gasteiger partial charge in [0.25, 0.3) is 0 Å². The van der Waals surface area contributed by atoms with Crippen LogP contribution in [0.2, 0.25) is 0 Å². The lowest BCUT2D eigenvalue weighted by atomic mass is 10.1. The highest BCUT2D eigenvalue weighted by molar-refractivity contribution is 5.93. The summed E-state index contributed by atoms with van der Waals surface area (Å²) < 4.78 is 108. The highest BCUT2D eigenvalue weighted by Gasteiger charge is 2.33. The number of ether oxygens (including phenoxy) is 4. The Balaban J connectivity index is 1.92. The SMILES string of the molecule is FC(F)OCCOc1cc2ncnc(Nc3ccccc3C(F)(F)F)c2cc1OCCOC(F)F. The molecule has 0 spiro atoms. The van der Waals surface area contributed by atoms with E-state index in [4.69, 9.17) is 9.47 Å². The fourth-order valence-electron chi connectivity index (χ4n) is 2.93. The van der Waals surface area contributed by atoms with Gasteiger partial charge in [-0.2, -0.15) is 30.7 Å². The van der Waals surface area contributed by atoms with Crippen molar-refractivity contribution in [3.63, 3.8) is 0 Å². The predicted molar refractivity (Wildman–Crippen MR) is 109 cm³/mol. The predicted octanol–water partition coefficient (Wildman–Crippen LogP) is 5.63. The van der Waals surface area contributed by atoms with Crippen molar-refractivity contribution in [1.29, 1.82) is 0 Å². The third kappa shape index (κ3) is 7.55. The number of rotatable bonds is 12. The van der Waals surface area contributed by atoms with Gasteiger partial charge in [-0.15, -0.1) is 0 Å². The number of para-hydroxylation sites is 1. The fourth-order valence-corrected chi connectivity index (χ4v) is 2.93. The molecule has 0 radical (unpaired) electrons. The molecule has 0 saturated heterocycles. The van der Waals surface area contributed by atoms with Crippen LogP contribution >= 0.6 is 0 Å². The Morgan fingerprint density at radius 3 is 2.00 bits per heavy atom. The van der Waals surface area contributed by atoms with E-state index in [2.05, 4.69) is 24.8 Å². The summed E-state index contributed by atoms with van der Waals surface area (Å²) >= 11 is 0. The first-order valence-electron chi connectivity index (χ1n) is 9.92. The Bertz CT molecular complexity index is 1120. The van der Waals surface area contributed by atoms with Gasteiger partial charge < -0.3 is 24.3 Å². The summed E-state index contributed by atoms with van der Waals surface area (Å²) in [6.45, 7) is -7.62. The zero-order valence-electron chi connectivity index (χ0n) is 17.7. The summed E-state index contributed by atoms with van der Waals surface area (Å²) in [5, 5.41) is 2.83. The van der Waals surface area contributed by atoms with E-state index in [9.17, 15) is 30.7 Å². The van der Waals surface area contributed by atoms with E-state index < -0.39 is 38.2 Å². The lowest BCUT2D eigenvalue weighted by Gasteiger charge is -2.17. The summed E-state index contributed by atoms with van der Waals surface area (Å²) in [5.74, 6) is -0.0323. The van der Waals surface area contributed by atoms with Crippen LogP contribution in [-0.4, -0.2) is 49.6 Å². The van der Waals surface area contributed by atoms with Crippen molar-refractivity contribution in [2.24, 2.45) is 0 Å². The lowest BCUT2D eigenvalue weighted by Crippen LogP contribution is -2.13. The van der Waals surface area contributed by atoms with Gasteiger partial charge in [-0.3, -0.25) is 0 Å². The molecule has 0 fully saturated rings. The zero-order valence-corrected chi connectivity index (χ0v) is 17.7. The molecular weight excluding hydrogens is 491 g/mol. The van der Waals surface area contributed by atoms with Crippen LogP contribution in [0, 0.1) is 0 Å². The first kappa shape index (κ1) is 26.2. The lowest BCUT2D eigenvalue weighted by molar-refractivity contribution is -0.137. The quantitative estimate of drug-likeness (QED) is 0.251. The van der Waals surface area contributed by atoms with E-state index in [0.29, 0.717) is 0 Å². The first-order valence-corrected chi connectivity index (χ1v) is 9.92. The van der Waals surface area contributed by atoms with Crippen LogP contribution in [0.1, 0.15) is 5.56 Å². The molecule has 1 heterocycles. The van der Waals surface area contributed by atoms with Gasteiger partial charge in [0.05, 0.1) is 30.0 Å². The van der Waals surface area contributed by atoms with Crippen molar-refractivity contribution >= 4 is 22.4 Å². The largest absolute Gasteiger partial charge is 0.487 e. The molecule has 0 aliphatic rings. The van der Waals surface area contributed by atoms with Gasteiger partial charge in [0.1, 0.15) is 25.4 Å². The van der Waals surface area contributed by atoms with Gasteiger partial charge in [-0.05, 0) is 18.2 Å². The summed E-state index contributed by atoms with van der Waals surface area (Å²) in [4.78, 5) is 8.05. The van der Waals surface area contributed by atoms with Crippen LogP contribution in [0.15, 0.2) is 42.7 Å². The second-order valence-electron chi connectivity index (χ2n) is 6.67. The Labute approximate surface area is 193 Å². The average Bonchev–Trinajstić information content (AvgIpc) is 2.79. The molecule has 14 heteroatoms. The second-order valence-corrected chi connectivity index (χ2v) is 6.67. The molecule has 7 nitrogen and oxygen atoms in total. The number of hydrogen-bond acceptors (Lipinski definition) is 7. The normalized spacial score (nSPS) is 11.9. The van der Waals surface area contributed by atoms with Crippen molar-refractivity contribution < 1.29 is 49.7 Å². The topological polar surface area (TPSA) is 74.7 Å². The molecule has 0 amide bonds. The summed E-state index contributed by atoms with van der Waals surface area (Å²) in [6.07, 6.45) is -3.53. The molecule has 1 aromatic heterocycles. The van der Waals surface area contributed by atoms with E-state index in [-0.39, 0.29) is 47.1 Å². The van der Waals surface area contributed by atoms with Gasteiger partial charge in [-0.1, -0.05) is 12.1 Å². The third-order valence-electron chi connectivity index (χ3n) is 4.36. The molecule has 190 valence electrons. The van der Waals surface area contributed by atoms with Gasteiger partial charge in [-0.25, -0.2) is 9.97 Å². The number of alkyl halides is 7. The van der Waals surface area contributed by atoms with E-state index in [1.165, 1.54) is 30.3 Å². The van der Waals surface area contributed by atoms with Crippen molar-refractivity contribution in [1.82, 2.24) is 9.97 Å².